The second-order valence-corrected chi connectivity index (χ2v) is 6.78. The molecule has 1 aliphatic rings. The molecule has 2 aromatic rings. The molecule has 1 saturated heterocycles. The minimum absolute atomic E-state index is 0.0981. The SMILES string of the molecule is Nc1nc2c(nc(Cl)n2C2OC(COP(=O)(O)O)C(O)C2O)c(=O)[nH]1. The summed E-state index contributed by atoms with van der Waals surface area (Å²) in [6.07, 6.45) is -5.74. The third-order valence-corrected chi connectivity index (χ3v) is 4.28. The maximum atomic E-state index is 11.8. The molecule has 2 aromatic heterocycles. The summed E-state index contributed by atoms with van der Waals surface area (Å²) < 4.78 is 21.4. The van der Waals surface area contributed by atoms with Gasteiger partial charge in [0.15, 0.2) is 17.4 Å². The number of fused-ring (bicyclic) bond motifs is 1. The van der Waals surface area contributed by atoms with Crippen molar-refractivity contribution in [2.24, 2.45) is 0 Å². The highest BCUT2D eigenvalue weighted by Crippen LogP contribution is 2.39. The van der Waals surface area contributed by atoms with Gasteiger partial charge in [0.1, 0.15) is 18.3 Å². The molecule has 0 saturated carbocycles. The van der Waals surface area contributed by atoms with E-state index in [4.69, 9.17) is 31.9 Å². The number of aromatic amines is 1. The Bertz CT molecular complexity index is 911. The lowest BCUT2D eigenvalue weighted by Crippen LogP contribution is -2.33. The average molecular weight is 398 g/mol. The molecule has 0 amide bonds. The first-order valence-corrected chi connectivity index (χ1v) is 8.64. The maximum absolute atomic E-state index is 11.8. The number of phosphoric ester groups is 1. The summed E-state index contributed by atoms with van der Waals surface area (Å²) in [6.45, 7) is -0.695. The number of nitrogens with two attached hydrogens (primary N) is 1. The molecule has 138 valence electrons. The number of aromatic nitrogens is 4. The number of aliphatic hydroxyl groups is 2. The van der Waals surface area contributed by atoms with Crippen LogP contribution in [0.4, 0.5) is 5.95 Å². The summed E-state index contributed by atoms with van der Waals surface area (Å²) in [5.41, 5.74) is 4.54. The van der Waals surface area contributed by atoms with Crippen molar-refractivity contribution in [3.05, 3.63) is 15.6 Å². The quantitative estimate of drug-likeness (QED) is 0.247. The molecule has 13 nitrogen and oxygen atoms in total. The van der Waals surface area contributed by atoms with Crippen molar-refractivity contribution < 1.29 is 33.8 Å². The number of halogens is 1. The summed E-state index contributed by atoms with van der Waals surface area (Å²) >= 11 is 5.97. The Balaban J connectivity index is 1.97. The molecule has 4 unspecified atom stereocenters. The monoisotopic (exact) mass is 397 g/mol. The maximum Gasteiger partial charge on any atom is 0.469 e. The second-order valence-electron chi connectivity index (χ2n) is 5.21. The molecular formula is C10H13ClN5O8P. The van der Waals surface area contributed by atoms with Crippen LogP contribution in [0.1, 0.15) is 6.23 Å². The van der Waals surface area contributed by atoms with Crippen LogP contribution in [-0.4, -0.2) is 64.4 Å². The van der Waals surface area contributed by atoms with E-state index in [1.54, 1.807) is 0 Å². The summed E-state index contributed by atoms with van der Waals surface area (Å²) in [5, 5.41) is 19.9. The molecular weight excluding hydrogens is 385 g/mol. The summed E-state index contributed by atoms with van der Waals surface area (Å²) in [5.74, 6) is -0.232. The minimum atomic E-state index is -4.80. The molecule has 0 aliphatic carbocycles. The number of H-pyrrole nitrogens is 1. The van der Waals surface area contributed by atoms with Gasteiger partial charge < -0.3 is 30.5 Å². The molecule has 0 spiro atoms. The number of anilines is 1. The van der Waals surface area contributed by atoms with E-state index in [9.17, 15) is 19.6 Å². The predicted octanol–water partition coefficient (Wildman–Crippen LogP) is -1.92. The van der Waals surface area contributed by atoms with E-state index in [1.165, 1.54) is 0 Å². The largest absolute Gasteiger partial charge is 0.469 e. The van der Waals surface area contributed by atoms with Gasteiger partial charge in [-0.1, -0.05) is 0 Å². The third-order valence-electron chi connectivity index (χ3n) is 3.52. The van der Waals surface area contributed by atoms with Crippen LogP contribution in [0.25, 0.3) is 11.2 Å². The fraction of sp³-hybridized carbons (Fsp3) is 0.500. The topological polar surface area (TPSA) is 206 Å². The van der Waals surface area contributed by atoms with Gasteiger partial charge in [-0.15, -0.1) is 0 Å². The molecule has 1 aliphatic heterocycles. The van der Waals surface area contributed by atoms with Crippen molar-refractivity contribution in [3.8, 4) is 0 Å². The van der Waals surface area contributed by atoms with E-state index >= 15 is 0 Å². The Morgan fingerprint density at radius 3 is 2.68 bits per heavy atom. The minimum Gasteiger partial charge on any atom is -0.387 e. The average Bonchev–Trinajstić information content (AvgIpc) is 2.95. The van der Waals surface area contributed by atoms with Crippen molar-refractivity contribution in [2.75, 3.05) is 12.3 Å². The van der Waals surface area contributed by atoms with E-state index in [0.717, 1.165) is 4.57 Å². The molecule has 15 heteroatoms. The van der Waals surface area contributed by atoms with Gasteiger partial charge in [-0.05, 0) is 11.6 Å². The normalized spacial score (nSPS) is 27.2. The van der Waals surface area contributed by atoms with E-state index in [0.29, 0.717) is 0 Å². The number of aliphatic hydroxyl groups excluding tert-OH is 2. The number of hydrogen-bond acceptors (Lipinski definition) is 9. The van der Waals surface area contributed by atoms with Gasteiger partial charge in [0.25, 0.3) is 5.56 Å². The lowest BCUT2D eigenvalue weighted by atomic mass is 10.1. The first-order valence-electron chi connectivity index (χ1n) is 6.73. The van der Waals surface area contributed by atoms with Crippen molar-refractivity contribution in [2.45, 2.75) is 24.5 Å². The highest BCUT2D eigenvalue weighted by Gasteiger charge is 2.46. The molecule has 0 aromatic carbocycles. The van der Waals surface area contributed by atoms with E-state index in [-0.39, 0.29) is 22.4 Å². The van der Waals surface area contributed by atoms with Crippen molar-refractivity contribution in [1.29, 1.82) is 0 Å². The molecule has 4 atom stereocenters. The van der Waals surface area contributed by atoms with E-state index in [1.807, 2.05) is 0 Å². The summed E-state index contributed by atoms with van der Waals surface area (Å²) in [7, 11) is -4.80. The van der Waals surface area contributed by atoms with Crippen LogP contribution in [0.15, 0.2) is 4.79 Å². The number of hydrogen-bond donors (Lipinski definition) is 6. The van der Waals surface area contributed by atoms with E-state index < -0.39 is 44.5 Å². The smallest absolute Gasteiger partial charge is 0.387 e. The second kappa shape index (κ2) is 6.30. The van der Waals surface area contributed by atoms with Gasteiger partial charge in [0.2, 0.25) is 11.2 Å². The lowest BCUT2D eigenvalue weighted by molar-refractivity contribution is -0.0502. The van der Waals surface area contributed by atoms with Gasteiger partial charge in [-0.3, -0.25) is 18.9 Å². The zero-order valence-corrected chi connectivity index (χ0v) is 13.8. The van der Waals surface area contributed by atoms with Gasteiger partial charge in [-0.25, -0.2) is 9.55 Å². The molecule has 25 heavy (non-hydrogen) atoms. The number of rotatable bonds is 4. The predicted molar refractivity (Wildman–Crippen MR) is 81.5 cm³/mol. The van der Waals surface area contributed by atoms with Gasteiger partial charge in [0.05, 0.1) is 6.61 Å². The summed E-state index contributed by atoms with van der Waals surface area (Å²) in [4.78, 5) is 39.2. The van der Waals surface area contributed by atoms with Crippen LogP contribution >= 0.6 is 19.4 Å². The summed E-state index contributed by atoms with van der Waals surface area (Å²) in [6, 6.07) is 0. The highest BCUT2D eigenvalue weighted by atomic mass is 35.5. The zero-order chi connectivity index (χ0) is 18.5. The van der Waals surface area contributed by atoms with Crippen molar-refractivity contribution in [1.82, 2.24) is 19.5 Å². The van der Waals surface area contributed by atoms with Crippen molar-refractivity contribution >= 4 is 36.5 Å². The Hall–Kier alpha value is -1.57. The third kappa shape index (κ3) is 3.41. The highest BCUT2D eigenvalue weighted by molar-refractivity contribution is 7.46. The molecule has 0 bridgehead atoms. The van der Waals surface area contributed by atoms with Gasteiger partial charge in [-0.2, -0.15) is 4.98 Å². The first kappa shape index (κ1) is 18.2. The van der Waals surface area contributed by atoms with E-state index in [2.05, 4.69) is 19.5 Å². The number of nitrogen functional groups attached to an aromatic ring is 1. The Labute approximate surface area is 143 Å². The molecule has 3 heterocycles. The Morgan fingerprint density at radius 1 is 1.36 bits per heavy atom. The van der Waals surface area contributed by atoms with Crippen LogP contribution in [0.5, 0.6) is 0 Å². The van der Waals surface area contributed by atoms with Crippen LogP contribution in [0, 0.1) is 0 Å². The van der Waals surface area contributed by atoms with Crippen LogP contribution in [-0.2, 0) is 13.8 Å². The number of nitrogens with zero attached hydrogens (tertiary/aromatic N) is 3. The van der Waals surface area contributed by atoms with Gasteiger partial charge >= 0.3 is 7.82 Å². The molecule has 1 fully saturated rings. The standard InChI is InChI=1S/C10H13ClN5O8P/c11-9-13-3-6(14-10(12)15-7(3)19)16(9)8-5(18)4(17)2(24-8)1-23-25(20,21)22/h2,4-5,8,17-18H,1H2,(H2,20,21,22)(H3,12,14,15,19). The van der Waals surface area contributed by atoms with Crippen LogP contribution in [0.2, 0.25) is 5.28 Å². The number of ether oxygens (including phenoxy) is 1. The number of imidazole rings is 1. The molecule has 0 radical (unpaired) electrons. The fourth-order valence-corrected chi connectivity index (χ4v) is 3.05. The fourth-order valence-electron chi connectivity index (χ4n) is 2.45. The Morgan fingerprint density at radius 2 is 2.04 bits per heavy atom. The van der Waals surface area contributed by atoms with Crippen LogP contribution in [0.3, 0.4) is 0 Å². The number of nitrogens with one attached hydrogen (secondary N) is 1. The Kier molecular flexibility index (Phi) is 4.59. The zero-order valence-electron chi connectivity index (χ0n) is 12.2. The molecule has 3 rings (SSSR count). The van der Waals surface area contributed by atoms with Gasteiger partial charge in [0, 0.05) is 0 Å². The molecule has 7 N–H and O–H groups in total. The lowest BCUT2D eigenvalue weighted by Gasteiger charge is -2.17. The van der Waals surface area contributed by atoms with Crippen molar-refractivity contribution in [3.63, 3.8) is 0 Å². The number of phosphoric acid groups is 1. The first-order chi connectivity index (χ1) is 11.6. The van der Waals surface area contributed by atoms with Crippen LogP contribution < -0.4 is 11.3 Å².